The molecule has 0 radical (unpaired) electrons. The molecule has 3 aromatic carbocycles. The van der Waals surface area contributed by atoms with Gasteiger partial charge in [-0.3, -0.25) is 14.4 Å². The molecule has 11 heteroatoms. The fourth-order valence-corrected chi connectivity index (χ4v) is 7.63. The number of ether oxygens (including phenoxy) is 1. The van der Waals surface area contributed by atoms with Crippen LogP contribution in [0.1, 0.15) is 88.6 Å². The molecule has 0 unspecified atom stereocenters. The number of imidazole rings is 1. The molecule has 0 spiro atoms. The fourth-order valence-electron chi connectivity index (χ4n) is 7.36. The summed E-state index contributed by atoms with van der Waals surface area (Å²) in [5, 5.41) is 9.36. The summed E-state index contributed by atoms with van der Waals surface area (Å²) in [4.78, 5) is 59.9. The zero-order chi connectivity index (χ0) is 36.6. The van der Waals surface area contributed by atoms with Crippen LogP contribution >= 0.6 is 11.6 Å². The zero-order valence-corrected chi connectivity index (χ0v) is 30.7. The molecule has 52 heavy (non-hydrogen) atoms. The molecular formula is C41H46ClN5O5. The van der Waals surface area contributed by atoms with E-state index in [2.05, 4.69) is 20.9 Å². The lowest BCUT2D eigenvalue weighted by molar-refractivity contribution is -0.129. The number of carbonyl (C=O) groups excluding carboxylic acids is 4. The Bertz CT molecular complexity index is 2000. The van der Waals surface area contributed by atoms with Crippen molar-refractivity contribution in [3.63, 3.8) is 0 Å². The van der Waals surface area contributed by atoms with Crippen LogP contribution in [0.3, 0.4) is 0 Å². The maximum Gasteiger partial charge on any atom is 0.407 e. The number of Topliss-reactive ketones (excluding diaryl/α,β-unsaturated/α-hetero) is 1. The van der Waals surface area contributed by atoms with Crippen molar-refractivity contribution in [2.24, 2.45) is 17.8 Å². The maximum atomic E-state index is 13.9. The van der Waals surface area contributed by atoms with Gasteiger partial charge in [0, 0.05) is 47.7 Å². The van der Waals surface area contributed by atoms with E-state index in [0.29, 0.717) is 41.7 Å². The predicted molar refractivity (Wildman–Crippen MR) is 202 cm³/mol. The van der Waals surface area contributed by atoms with E-state index in [1.807, 2.05) is 63.2 Å². The monoisotopic (exact) mass is 723 g/mol. The highest BCUT2D eigenvalue weighted by atomic mass is 35.5. The second-order valence-corrected chi connectivity index (χ2v) is 16.1. The Balaban J connectivity index is 1.03. The largest absolute Gasteiger partial charge is 0.444 e. The standard InChI is InChI=1S/C41H46ClN5O5/c1-41(2,3)52-40(51)43-22-24-6-10-26(11-7-24)36(48)17-29(39(50)44-30-15-14-28-18-37(49)45-33(28)19-30)16-23-4-8-25(9-5-23)31-20-34-35(21-32(31)42)47-38(46-34)27-12-13-27/h4-5,8-9,14-15,19-21,24,26-27,29H,6-7,10-13,16-18,22H2,1-3H3,(H,43,51)(H,44,50)(H,45,49)(H,46,47)/t24?,26?,29-/m1/s1. The van der Waals surface area contributed by atoms with Crippen molar-refractivity contribution in [1.82, 2.24) is 15.3 Å². The molecule has 3 aliphatic rings. The topological polar surface area (TPSA) is 142 Å². The first-order chi connectivity index (χ1) is 24.9. The molecule has 3 amide bonds. The van der Waals surface area contributed by atoms with E-state index in [0.717, 1.165) is 77.6 Å². The number of benzene rings is 3. The van der Waals surface area contributed by atoms with Crippen LogP contribution in [-0.2, 0) is 32.0 Å². The lowest BCUT2D eigenvalue weighted by Gasteiger charge is -2.29. The van der Waals surface area contributed by atoms with Crippen LogP contribution in [-0.4, -0.2) is 45.8 Å². The van der Waals surface area contributed by atoms with Crippen molar-refractivity contribution < 1.29 is 23.9 Å². The highest BCUT2D eigenvalue weighted by molar-refractivity contribution is 6.34. The molecular weight excluding hydrogens is 678 g/mol. The average molecular weight is 724 g/mol. The molecule has 0 bridgehead atoms. The Kier molecular flexibility index (Phi) is 10.1. The summed E-state index contributed by atoms with van der Waals surface area (Å²) in [6.45, 7) is 6.01. The number of H-pyrrole nitrogens is 1. The van der Waals surface area contributed by atoms with Crippen LogP contribution < -0.4 is 16.0 Å². The van der Waals surface area contributed by atoms with E-state index in [1.165, 1.54) is 0 Å². The number of fused-ring (bicyclic) bond motifs is 2. The number of ketones is 1. The fraction of sp³-hybridized carbons (Fsp3) is 0.439. The molecule has 272 valence electrons. The Labute approximate surface area is 308 Å². The van der Waals surface area contributed by atoms with Gasteiger partial charge in [-0.05, 0) is 113 Å². The van der Waals surface area contributed by atoms with Gasteiger partial charge in [-0.2, -0.15) is 0 Å². The summed E-state index contributed by atoms with van der Waals surface area (Å²) in [5.74, 6) is 0.841. The number of halogens is 1. The summed E-state index contributed by atoms with van der Waals surface area (Å²) >= 11 is 6.74. The number of aromatic nitrogens is 2. The summed E-state index contributed by atoms with van der Waals surface area (Å²) in [6.07, 6.45) is 5.78. The third-order valence-electron chi connectivity index (χ3n) is 10.4. The van der Waals surface area contributed by atoms with Crippen molar-refractivity contribution in [2.45, 2.75) is 90.1 Å². The molecule has 0 saturated heterocycles. The van der Waals surface area contributed by atoms with Crippen LogP contribution in [0, 0.1) is 17.8 Å². The second kappa shape index (κ2) is 14.7. The van der Waals surface area contributed by atoms with Gasteiger partial charge in [0.2, 0.25) is 11.8 Å². The Morgan fingerprint density at radius 1 is 0.981 bits per heavy atom. The molecule has 2 aliphatic carbocycles. The van der Waals surface area contributed by atoms with Gasteiger partial charge >= 0.3 is 6.09 Å². The minimum atomic E-state index is -0.599. The molecule has 1 aromatic heterocycles. The van der Waals surface area contributed by atoms with Crippen molar-refractivity contribution in [3.8, 4) is 11.1 Å². The molecule has 2 heterocycles. The molecule has 2 saturated carbocycles. The van der Waals surface area contributed by atoms with Gasteiger partial charge in [0.1, 0.15) is 17.2 Å². The Morgan fingerprint density at radius 3 is 2.44 bits per heavy atom. The van der Waals surface area contributed by atoms with E-state index >= 15 is 0 Å². The van der Waals surface area contributed by atoms with Crippen LogP contribution in [0.15, 0.2) is 54.6 Å². The Morgan fingerprint density at radius 2 is 1.73 bits per heavy atom. The van der Waals surface area contributed by atoms with Gasteiger partial charge < -0.3 is 25.7 Å². The van der Waals surface area contributed by atoms with Crippen molar-refractivity contribution in [2.75, 3.05) is 17.2 Å². The van der Waals surface area contributed by atoms with Gasteiger partial charge in [0.25, 0.3) is 0 Å². The number of hydrogen-bond acceptors (Lipinski definition) is 6. The highest BCUT2D eigenvalue weighted by Gasteiger charge is 2.31. The third kappa shape index (κ3) is 8.66. The predicted octanol–water partition coefficient (Wildman–Crippen LogP) is 8.34. The number of aromatic amines is 1. The normalized spacial score (nSPS) is 19.1. The van der Waals surface area contributed by atoms with Crippen LogP contribution in [0.5, 0.6) is 0 Å². The number of rotatable bonds is 11. The number of nitrogens with zero attached hydrogens (tertiary/aromatic N) is 1. The first-order valence-electron chi connectivity index (χ1n) is 18.4. The summed E-state index contributed by atoms with van der Waals surface area (Å²) < 4.78 is 5.36. The summed E-state index contributed by atoms with van der Waals surface area (Å²) in [5.41, 5.74) is 6.19. The molecule has 10 nitrogen and oxygen atoms in total. The van der Waals surface area contributed by atoms with Crippen molar-refractivity contribution in [1.29, 1.82) is 0 Å². The van der Waals surface area contributed by atoms with E-state index < -0.39 is 17.6 Å². The average Bonchev–Trinajstić information content (AvgIpc) is 3.76. The van der Waals surface area contributed by atoms with E-state index in [1.54, 1.807) is 12.1 Å². The van der Waals surface area contributed by atoms with E-state index in [-0.39, 0.29) is 35.9 Å². The molecule has 1 atom stereocenters. The maximum absolute atomic E-state index is 13.9. The zero-order valence-electron chi connectivity index (χ0n) is 29.9. The minimum Gasteiger partial charge on any atom is -0.444 e. The van der Waals surface area contributed by atoms with Gasteiger partial charge in [-0.1, -0.05) is 41.9 Å². The summed E-state index contributed by atoms with van der Waals surface area (Å²) in [7, 11) is 0. The SMILES string of the molecule is CC(C)(C)OC(=O)NCC1CCC(C(=O)C[C@@H](Cc2ccc(-c3cc4nc(C5CC5)[nH]c4cc3Cl)cc2)C(=O)Nc2ccc3c(c2)NC(=O)C3)CC1. The number of nitrogens with one attached hydrogen (secondary N) is 4. The van der Waals surface area contributed by atoms with Gasteiger partial charge in [-0.25, -0.2) is 9.78 Å². The Hall–Kier alpha value is -4.70. The third-order valence-corrected chi connectivity index (χ3v) is 10.7. The minimum absolute atomic E-state index is 0.0747. The van der Waals surface area contributed by atoms with Crippen LogP contribution in [0.2, 0.25) is 5.02 Å². The molecule has 1 aliphatic heterocycles. The van der Waals surface area contributed by atoms with Gasteiger partial charge in [-0.15, -0.1) is 0 Å². The lowest BCUT2D eigenvalue weighted by atomic mass is 9.77. The number of carbonyl (C=O) groups is 4. The smallest absolute Gasteiger partial charge is 0.407 e. The van der Waals surface area contributed by atoms with Crippen molar-refractivity contribution >= 4 is 57.7 Å². The highest BCUT2D eigenvalue weighted by Crippen LogP contribution is 2.40. The van der Waals surface area contributed by atoms with E-state index in [4.69, 9.17) is 21.3 Å². The number of anilines is 2. The first-order valence-corrected chi connectivity index (χ1v) is 18.8. The molecule has 2 fully saturated rings. The quantitative estimate of drug-likeness (QED) is 0.123. The summed E-state index contributed by atoms with van der Waals surface area (Å²) in [6, 6.07) is 17.4. The van der Waals surface area contributed by atoms with Crippen LogP contribution in [0.4, 0.5) is 16.2 Å². The molecule has 7 rings (SSSR count). The molecule has 4 N–H and O–H groups in total. The second-order valence-electron chi connectivity index (χ2n) is 15.7. The first kappa shape index (κ1) is 35.7. The number of amides is 3. The number of hydrogen-bond donors (Lipinski definition) is 4. The van der Waals surface area contributed by atoms with Gasteiger partial charge in [0.15, 0.2) is 0 Å². The number of alkyl carbamates (subject to hydrolysis) is 1. The molecule has 4 aromatic rings. The van der Waals surface area contributed by atoms with Crippen LogP contribution in [0.25, 0.3) is 22.2 Å². The van der Waals surface area contributed by atoms with Gasteiger partial charge in [0.05, 0.1) is 22.5 Å². The lowest BCUT2D eigenvalue weighted by Crippen LogP contribution is -2.37. The van der Waals surface area contributed by atoms with E-state index in [9.17, 15) is 19.2 Å². The van der Waals surface area contributed by atoms with Crippen molar-refractivity contribution in [3.05, 3.63) is 76.6 Å².